The second kappa shape index (κ2) is 10.1. The number of carbonyl (C=O) groups is 2. The maximum absolute atomic E-state index is 13.6. The van der Waals surface area contributed by atoms with Crippen molar-refractivity contribution in [2.24, 2.45) is 5.92 Å². The average molecular weight is 467 g/mol. The Morgan fingerprint density at radius 3 is 2.68 bits per heavy atom. The molecule has 0 saturated carbocycles. The molecule has 5 rings (SSSR count). The second-order valence-electron chi connectivity index (χ2n) is 9.28. The van der Waals surface area contributed by atoms with Crippen molar-refractivity contribution >= 4 is 17.5 Å². The third kappa shape index (κ3) is 4.93. The highest BCUT2D eigenvalue weighted by molar-refractivity contribution is 5.82. The molecule has 3 aliphatic heterocycles. The molecule has 3 heterocycles. The van der Waals surface area contributed by atoms with Gasteiger partial charge in [0.2, 0.25) is 11.8 Å². The molecule has 2 saturated heterocycles. The molecule has 2 atom stereocenters. The van der Waals surface area contributed by atoms with Crippen molar-refractivity contribution in [2.45, 2.75) is 19.0 Å². The Kier molecular flexibility index (Phi) is 6.78. The summed E-state index contributed by atoms with van der Waals surface area (Å²) in [7, 11) is 0. The van der Waals surface area contributed by atoms with E-state index in [1.807, 2.05) is 23.1 Å². The van der Waals surface area contributed by atoms with Crippen molar-refractivity contribution in [3.8, 4) is 0 Å². The lowest BCUT2D eigenvalue weighted by atomic mass is 9.83. The number of hydrogen-bond donors (Lipinski definition) is 1. The van der Waals surface area contributed by atoms with Gasteiger partial charge in [0.25, 0.3) is 0 Å². The Hall–Kier alpha value is -2.97. The summed E-state index contributed by atoms with van der Waals surface area (Å²) in [6, 6.07) is 14.6. The molecule has 0 spiro atoms. The summed E-state index contributed by atoms with van der Waals surface area (Å²) in [4.78, 5) is 32.6. The van der Waals surface area contributed by atoms with E-state index in [2.05, 4.69) is 27.2 Å². The van der Waals surface area contributed by atoms with Crippen LogP contribution in [0.15, 0.2) is 48.5 Å². The van der Waals surface area contributed by atoms with Gasteiger partial charge in [0.05, 0.1) is 31.7 Å². The van der Waals surface area contributed by atoms with Crippen molar-refractivity contribution in [1.29, 1.82) is 0 Å². The number of para-hydroxylation sites is 1. The Morgan fingerprint density at radius 2 is 1.85 bits per heavy atom. The van der Waals surface area contributed by atoms with Gasteiger partial charge in [-0.1, -0.05) is 30.3 Å². The number of carbonyl (C=O) groups excluding carboxylic acids is 2. The molecule has 0 bridgehead atoms. The lowest BCUT2D eigenvalue weighted by Crippen LogP contribution is -2.62. The summed E-state index contributed by atoms with van der Waals surface area (Å²) >= 11 is 0. The normalized spacial score (nSPS) is 22.6. The third-order valence-electron chi connectivity index (χ3n) is 7.12. The van der Waals surface area contributed by atoms with Gasteiger partial charge in [-0.05, 0) is 35.7 Å². The van der Waals surface area contributed by atoms with Gasteiger partial charge in [0.15, 0.2) is 0 Å². The first-order valence-corrected chi connectivity index (χ1v) is 12.0. The molecule has 0 radical (unpaired) electrons. The van der Waals surface area contributed by atoms with E-state index in [1.54, 1.807) is 6.07 Å². The molecule has 0 aromatic heterocycles. The number of morpholine rings is 1. The number of hydrogen-bond acceptors (Lipinski definition) is 5. The SMILES string of the molecule is O=C(NCc1cccc(F)c1)[C@H]1Cc2ccccc2N2CCN(CC(=O)N3CCOCC3)C[C@H]12. The van der Waals surface area contributed by atoms with Crippen LogP contribution in [-0.2, 0) is 27.3 Å². The summed E-state index contributed by atoms with van der Waals surface area (Å²) in [6.45, 7) is 5.32. The first-order chi connectivity index (χ1) is 16.6. The molecule has 2 fully saturated rings. The number of piperazine rings is 1. The zero-order valence-corrected chi connectivity index (χ0v) is 19.3. The molecule has 0 aliphatic carbocycles. The number of ether oxygens (including phenoxy) is 1. The van der Waals surface area contributed by atoms with E-state index in [4.69, 9.17) is 4.74 Å². The molecule has 1 N–H and O–H groups in total. The van der Waals surface area contributed by atoms with Crippen molar-refractivity contribution in [3.05, 3.63) is 65.5 Å². The predicted octanol–water partition coefficient (Wildman–Crippen LogP) is 1.66. The van der Waals surface area contributed by atoms with E-state index in [9.17, 15) is 14.0 Å². The van der Waals surface area contributed by atoms with E-state index in [-0.39, 0.29) is 29.6 Å². The fourth-order valence-corrected chi connectivity index (χ4v) is 5.33. The highest BCUT2D eigenvalue weighted by Crippen LogP contribution is 2.36. The van der Waals surface area contributed by atoms with E-state index in [0.717, 1.165) is 18.7 Å². The minimum absolute atomic E-state index is 0.0198. The van der Waals surface area contributed by atoms with Crippen molar-refractivity contribution in [2.75, 3.05) is 57.4 Å². The summed E-state index contributed by atoms with van der Waals surface area (Å²) in [5, 5.41) is 3.03. The van der Waals surface area contributed by atoms with Gasteiger partial charge in [-0.25, -0.2) is 4.39 Å². The maximum atomic E-state index is 13.6. The van der Waals surface area contributed by atoms with Gasteiger partial charge in [-0.2, -0.15) is 0 Å². The van der Waals surface area contributed by atoms with Gasteiger partial charge in [-0.3, -0.25) is 14.5 Å². The van der Waals surface area contributed by atoms with Gasteiger partial charge in [0, 0.05) is 45.0 Å². The van der Waals surface area contributed by atoms with Crippen molar-refractivity contribution < 1.29 is 18.7 Å². The molecular weight excluding hydrogens is 435 g/mol. The lowest BCUT2D eigenvalue weighted by molar-refractivity contribution is -0.136. The standard InChI is InChI=1S/C26H31FN4O3/c27-21-6-3-4-19(14-21)16-28-26(33)22-15-20-5-1-2-7-23(20)31-9-8-29(17-24(22)31)18-25(32)30-10-12-34-13-11-30/h1-7,14,22,24H,8-13,15-18H2,(H,28,33)/t22-,24+/m0/s1. The van der Waals surface area contributed by atoms with E-state index < -0.39 is 0 Å². The van der Waals surface area contributed by atoms with Crippen LogP contribution in [0.4, 0.5) is 10.1 Å². The minimum atomic E-state index is -0.308. The molecule has 0 unspecified atom stereocenters. The Labute approximate surface area is 199 Å². The highest BCUT2D eigenvalue weighted by atomic mass is 19.1. The fraction of sp³-hybridized carbons (Fsp3) is 0.462. The lowest BCUT2D eigenvalue weighted by Gasteiger charge is -2.49. The van der Waals surface area contributed by atoms with Crippen LogP contribution in [0.3, 0.4) is 0 Å². The zero-order valence-electron chi connectivity index (χ0n) is 19.3. The van der Waals surface area contributed by atoms with Crippen LogP contribution < -0.4 is 10.2 Å². The van der Waals surface area contributed by atoms with E-state index in [0.29, 0.717) is 52.4 Å². The molecular formula is C26H31FN4O3. The van der Waals surface area contributed by atoms with Crippen LogP contribution in [0.1, 0.15) is 11.1 Å². The number of nitrogens with one attached hydrogen (secondary N) is 1. The second-order valence-corrected chi connectivity index (χ2v) is 9.28. The molecule has 3 aliphatic rings. The van der Waals surface area contributed by atoms with Crippen LogP contribution in [0.5, 0.6) is 0 Å². The van der Waals surface area contributed by atoms with Crippen LogP contribution in [-0.4, -0.2) is 80.1 Å². The smallest absolute Gasteiger partial charge is 0.236 e. The van der Waals surface area contributed by atoms with Gasteiger partial charge in [0.1, 0.15) is 5.82 Å². The summed E-state index contributed by atoms with van der Waals surface area (Å²) < 4.78 is 18.9. The Morgan fingerprint density at radius 1 is 1.03 bits per heavy atom. The van der Waals surface area contributed by atoms with E-state index in [1.165, 1.54) is 23.4 Å². The topological polar surface area (TPSA) is 65.1 Å². The van der Waals surface area contributed by atoms with Crippen molar-refractivity contribution in [1.82, 2.24) is 15.1 Å². The molecule has 8 heteroatoms. The third-order valence-corrected chi connectivity index (χ3v) is 7.12. The monoisotopic (exact) mass is 466 g/mol. The van der Waals surface area contributed by atoms with Crippen LogP contribution in [0, 0.1) is 11.7 Å². The molecule has 34 heavy (non-hydrogen) atoms. The van der Waals surface area contributed by atoms with Crippen LogP contribution in [0.2, 0.25) is 0 Å². The fourth-order valence-electron chi connectivity index (χ4n) is 5.33. The summed E-state index contributed by atoms with van der Waals surface area (Å²) in [5.74, 6) is -0.461. The molecule has 2 aromatic carbocycles. The number of rotatable bonds is 5. The van der Waals surface area contributed by atoms with Gasteiger partial charge in [-0.15, -0.1) is 0 Å². The minimum Gasteiger partial charge on any atom is -0.378 e. The Bertz CT molecular complexity index is 1040. The summed E-state index contributed by atoms with van der Waals surface area (Å²) in [6.07, 6.45) is 0.650. The number of fused-ring (bicyclic) bond motifs is 3. The quantitative estimate of drug-likeness (QED) is 0.726. The maximum Gasteiger partial charge on any atom is 0.236 e. The van der Waals surface area contributed by atoms with Gasteiger partial charge < -0.3 is 19.9 Å². The number of amides is 2. The number of benzene rings is 2. The number of anilines is 1. The number of nitrogens with zero attached hydrogens (tertiary/aromatic N) is 3. The van der Waals surface area contributed by atoms with Crippen LogP contribution >= 0.6 is 0 Å². The first-order valence-electron chi connectivity index (χ1n) is 12.0. The zero-order chi connectivity index (χ0) is 23.5. The Balaban J connectivity index is 1.30. The highest BCUT2D eigenvalue weighted by Gasteiger charge is 2.41. The van der Waals surface area contributed by atoms with Gasteiger partial charge >= 0.3 is 0 Å². The summed E-state index contributed by atoms with van der Waals surface area (Å²) in [5.41, 5.74) is 3.09. The first kappa shape index (κ1) is 22.8. The molecule has 180 valence electrons. The predicted molar refractivity (Wildman–Crippen MR) is 127 cm³/mol. The molecule has 2 aromatic rings. The largest absolute Gasteiger partial charge is 0.378 e. The number of halogens is 1. The average Bonchev–Trinajstić information content (AvgIpc) is 2.87. The van der Waals surface area contributed by atoms with E-state index >= 15 is 0 Å². The van der Waals surface area contributed by atoms with Crippen molar-refractivity contribution in [3.63, 3.8) is 0 Å². The molecule has 7 nitrogen and oxygen atoms in total. The van der Waals surface area contributed by atoms with Crippen LogP contribution in [0.25, 0.3) is 0 Å². The molecule has 2 amide bonds.